The molecular weight excluding hydrogens is 340 g/mol. The quantitative estimate of drug-likeness (QED) is 0.472. The Morgan fingerprint density at radius 1 is 1.04 bits per heavy atom. The lowest BCUT2D eigenvalue weighted by atomic mass is 10.1. The van der Waals surface area contributed by atoms with E-state index in [0.717, 1.165) is 24.9 Å². The average Bonchev–Trinajstić information content (AvgIpc) is 2.95. The molecule has 1 aliphatic rings. The number of amides is 3. The highest BCUT2D eigenvalue weighted by Crippen LogP contribution is 2.28. The van der Waals surface area contributed by atoms with Crippen LogP contribution in [0.1, 0.15) is 70.8 Å². The minimum Gasteiger partial charge on any atom is -0.356 e. The normalized spacial score (nSPS) is 16.8. The van der Waals surface area contributed by atoms with Crippen molar-refractivity contribution in [1.29, 1.82) is 0 Å². The van der Waals surface area contributed by atoms with Gasteiger partial charge in [-0.1, -0.05) is 58.1 Å². The van der Waals surface area contributed by atoms with Gasteiger partial charge in [0, 0.05) is 18.9 Å². The fourth-order valence-electron chi connectivity index (χ4n) is 3.43. The van der Waals surface area contributed by atoms with E-state index in [1.807, 2.05) is 19.1 Å². The van der Waals surface area contributed by atoms with Crippen LogP contribution in [0.5, 0.6) is 0 Å². The molecule has 1 aromatic rings. The molecule has 5 heteroatoms. The van der Waals surface area contributed by atoms with Gasteiger partial charge in [0.25, 0.3) is 0 Å². The van der Waals surface area contributed by atoms with Crippen molar-refractivity contribution in [3.05, 3.63) is 29.8 Å². The highest BCUT2D eigenvalue weighted by atomic mass is 16.2. The fourth-order valence-corrected chi connectivity index (χ4v) is 3.43. The second-order valence-electron chi connectivity index (χ2n) is 7.34. The van der Waals surface area contributed by atoms with E-state index in [1.54, 1.807) is 12.1 Å². The van der Waals surface area contributed by atoms with Crippen molar-refractivity contribution in [3.8, 4) is 0 Å². The molecule has 1 atom stereocenters. The minimum absolute atomic E-state index is 0.00989. The first-order valence-electron chi connectivity index (χ1n) is 10.3. The molecule has 1 aromatic carbocycles. The number of hydrogen-bond acceptors (Lipinski definition) is 3. The number of imide groups is 1. The van der Waals surface area contributed by atoms with E-state index in [1.165, 1.54) is 30.6 Å². The van der Waals surface area contributed by atoms with Crippen molar-refractivity contribution in [3.63, 3.8) is 0 Å². The standard InChI is InChI=1S/C22H32N2O3/c1-3-5-6-7-8-9-14-23-20(25)15-17-10-12-19(13-11-17)24-21(26)16-18(4-2)22(24)27/h10-13,18H,3-9,14-16H2,1-2H3,(H,23,25). The lowest BCUT2D eigenvalue weighted by Gasteiger charge is -2.15. The molecule has 27 heavy (non-hydrogen) atoms. The Morgan fingerprint density at radius 3 is 2.33 bits per heavy atom. The number of hydrogen-bond donors (Lipinski definition) is 1. The lowest BCUT2D eigenvalue weighted by Crippen LogP contribution is -2.30. The lowest BCUT2D eigenvalue weighted by molar-refractivity contribution is -0.122. The SMILES string of the molecule is CCCCCCCCNC(=O)Cc1ccc(N2C(=O)CC(CC)C2=O)cc1. The molecule has 1 unspecified atom stereocenters. The van der Waals surface area contributed by atoms with E-state index in [2.05, 4.69) is 12.2 Å². The minimum atomic E-state index is -0.204. The van der Waals surface area contributed by atoms with Gasteiger partial charge in [0.2, 0.25) is 17.7 Å². The van der Waals surface area contributed by atoms with Gasteiger partial charge in [-0.05, 0) is 30.5 Å². The Balaban J connectivity index is 1.76. The van der Waals surface area contributed by atoms with E-state index >= 15 is 0 Å². The molecule has 1 heterocycles. The highest BCUT2D eigenvalue weighted by Gasteiger charge is 2.38. The molecule has 0 radical (unpaired) electrons. The van der Waals surface area contributed by atoms with Crippen molar-refractivity contribution < 1.29 is 14.4 Å². The molecule has 0 aromatic heterocycles. The summed E-state index contributed by atoms with van der Waals surface area (Å²) in [7, 11) is 0. The van der Waals surface area contributed by atoms with Crippen molar-refractivity contribution in [2.24, 2.45) is 5.92 Å². The van der Waals surface area contributed by atoms with Crippen molar-refractivity contribution in [1.82, 2.24) is 5.32 Å². The van der Waals surface area contributed by atoms with Crippen LogP contribution >= 0.6 is 0 Å². The molecule has 148 valence electrons. The van der Waals surface area contributed by atoms with Crippen LogP contribution in [0.25, 0.3) is 0 Å². The molecular formula is C22H32N2O3. The van der Waals surface area contributed by atoms with Crippen LogP contribution in [0.4, 0.5) is 5.69 Å². The Bertz CT molecular complexity index is 639. The Hall–Kier alpha value is -2.17. The van der Waals surface area contributed by atoms with Gasteiger partial charge in [-0.15, -0.1) is 0 Å². The van der Waals surface area contributed by atoms with Crippen LogP contribution in [-0.4, -0.2) is 24.3 Å². The predicted octanol–water partition coefficient (Wildman–Crippen LogP) is 4.00. The number of carbonyl (C=O) groups is 3. The van der Waals surface area contributed by atoms with Gasteiger partial charge in [0.05, 0.1) is 12.1 Å². The number of nitrogens with one attached hydrogen (secondary N) is 1. The molecule has 0 bridgehead atoms. The van der Waals surface area contributed by atoms with E-state index in [4.69, 9.17) is 0 Å². The third-order valence-corrected chi connectivity index (χ3v) is 5.14. The largest absolute Gasteiger partial charge is 0.356 e. The third kappa shape index (κ3) is 6.19. The van der Waals surface area contributed by atoms with Gasteiger partial charge in [0.1, 0.15) is 0 Å². The summed E-state index contributed by atoms with van der Waals surface area (Å²) < 4.78 is 0. The number of anilines is 1. The fraction of sp³-hybridized carbons (Fsp3) is 0.591. The average molecular weight is 373 g/mol. The third-order valence-electron chi connectivity index (χ3n) is 5.14. The summed E-state index contributed by atoms with van der Waals surface area (Å²) in [6.07, 6.45) is 8.50. The summed E-state index contributed by atoms with van der Waals surface area (Å²) in [5.41, 5.74) is 1.47. The van der Waals surface area contributed by atoms with Crippen molar-refractivity contribution in [2.75, 3.05) is 11.4 Å². The van der Waals surface area contributed by atoms with Crippen LogP contribution in [0.15, 0.2) is 24.3 Å². The first-order chi connectivity index (χ1) is 13.1. The van der Waals surface area contributed by atoms with Gasteiger partial charge in [0.15, 0.2) is 0 Å². The zero-order valence-corrected chi connectivity index (χ0v) is 16.6. The van der Waals surface area contributed by atoms with Gasteiger partial charge in [-0.25, -0.2) is 0 Å². The molecule has 2 rings (SSSR count). The molecule has 1 N–H and O–H groups in total. The maximum Gasteiger partial charge on any atom is 0.237 e. The second-order valence-corrected chi connectivity index (χ2v) is 7.34. The molecule has 1 aliphatic heterocycles. The second kappa shape index (κ2) is 10.9. The van der Waals surface area contributed by atoms with Gasteiger partial charge in [-0.2, -0.15) is 0 Å². The summed E-state index contributed by atoms with van der Waals surface area (Å²) >= 11 is 0. The number of unbranched alkanes of at least 4 members (excludes halogenated alkanes) is 5. The predicted molar refractivity (Wildman–Crippen MR) is 107 cm³/mol. The summed E-state index contributed by atoms with van der Waals surface area (Å²) in [5.74, 6) is -0.455. The molecule has 0 spiro atoms. The Kier molecular flexibility index (Phi) is 8.49. The zero-order chi connectivity index (χ0) is 19.6. The van der Waals surface area contributed by atoms with Crippen molar-refractivity contribution >= 4 is 23.4 Å². The van der Waals surface area contributed by atoms with E-state index in [0.29, 0.717) is 18.5 Å². The summed E-state index contributed by atoms with van der Waals surface area (Å²) in [5, 5.41) is 2.96. The molecule has 1 saturated heterocycles. The maximum absolute atomic E-state index is 12.3. The van der Waals surface area contributed by atoms with Crippen LogP contribution < -0.4 is 10.2 Å². The van der Waals surface area contributed by atoms with E-state index < -0.39 is 0 Å². The van der Waals surface area contributed by atoms with Gasteiger partial charge < -0.3 is 5.32 Å². The maximum atomic E-state index is 12.3. The Morgan fingerprint density at radius 2 is 1.70 bits per heavy atom. The van der Waals surface area contributed by atoms with E-state index in [-0.39, 0.29) is 30.1 Å². The van der Waals surface area contributed by atoms with E-state index in [9.17, 15) is 14.4 Å². The van der Waals surface area contributed by atoms with Crippen LogP contribution in [0.3, 0.4) is 0 Å². The van der Waals surface area contributed by atoms with Crippen LogP contribution in [-0.2, 0) is 20.8 Å². The summed E-state index contributed by atoms with van der Waals surface area (Å²) in [6, 6.07) is 7.15. The first-order valence-corrected chi connectivity index (χ1v) is 10.3. The number of benzene rings is 1. The molecule has 5 nitrogen and oxygen atoms in total. The number of carbonyl (C=O) groups excluding carboxylic acids is 3. The zero-order valence-electron chi connectivity index (χ0n) is 16.6. The van der Waals surface area contributed by atoms with Crippen LogP contribution in [0.2, 0.25) is 0 Å². The highest BCUT2D eigenvalue weighted by molar-refractivity contribution is 6.20. The number of nitrogens with zero attached hydrogens (tertiary/aromatic N) is 1. The molecule has 3 amide bonds. The molecule has 0 saturated carbocycles. The van der Waals surface area contributed by atoms with Gasteiger partial charge >= 0.3 is 0 Å². The summed E-state index contributed by atoms with van der Waals surface area (Å²) in [4.78, 5) is 37.7. The molecule has 1 fully saturated rings. The summed E-state index contributed by atoms with van der Waals surface area (Å²) in [6.45, 7) is 4.85. The van der Waals surface area contributed by atoms with Gasteiger partial charge in [-0.3, -0.25) is 19.3 Å². The molecule has 0 aliphatic carbocycles. The monoisotopic (exact) mass is 372 g/mol. The number of rotatable bonds is 11. The van der Waals surface area contributed by atoms with Crippen LogP contribution in [0, 0.1) is 5.92 Å². The van der Waals surface area contributed by atoms with Crippen molar-refractivity contribution in [2.45, 2.75) is 71.6 Å². The smallest absolute Gasteiger partial charge is 0.237 e. The first kappa shape index (κ1) is 21.1. The Labute approximate surface area is 162 Å². The topological polar surface area (TPSA) is 66.5 Å².